The van der Waals surface area contributed by atoms with Crippen LogP contribution in [-0.2, 0) is 23.1 Å². The van der Waals surface area contributed by atoms with Crippen LogP contribution in [0.15, 0.2) is 3.65 Å². The predicted molar refractivity (Wildman–Crippen MR) is 28.7 cm³/mol. The summed E-state index contributed by atoms with van der Waals surface area (Å²) in [4.78, 5) is 10.4. The zero-order valence-corrected chi connectivity index (χ0v) is 8.16. The van der Waals surface area contributed by atoms with E-state index in [-0.39, 0.29) is 0 Å². The first kappa shape index (κ1) is 8.91. The van der Waals surface area contributed by atoms with Crippen molar-refractivity contribution >= 4 is 6.09 Å². The fourth-order valence-electron chi connectivity index (χ4n) is 0.278. The van der Waals surface area contributed by atoms with Gasteiger partial charge in [0.05, 0.1) is 0 Å². The van der Waals surface area contributed by atoms with E-state index in [0.29, 0.717) is 0 Å². The van der Waals surface area contributed by atoms with E-state index in [4.69, 9.17) is 4.74 Å². The molecule has 0 aromatic heterocycles. The van der Waals surface area contributed by atoms with Crippen LogP contribution in [0.2, 0.25) is 0 Å². The molecular weight excluding hydrogens is 296 g/mol. The van der Waals surface area contributed by atoms with Crippen molar-refractivity contribution in [3.8, 4) is 0 Å². The van der Waals surface area contributed by atoms with Crippen molar-refractivity contribution in [3.05, 3.63) is 0 Å². The Kier molecular flexibility index (Phi) is 3.14. The first-order valence-corrected chi connectivity index (χ1v) is 3.63. The van der Waals surface area contributed by atoms with Crippen LogP contribution < -0.4 is 0 Å². The molecule has 9 heavy (non-hydrogen) atoms. The second-order valence-electron chi connectivity index (χ2n) is 2.56. The summed E-state index contributed by atoms with van der Waals surface area (Å²) >= 11 is 1.23. The summed E-state index contributed by atoms with van der Waals surface area (Å²) in [6.45, 7) is 5.41. The van der Waals surface area contributed by atoms with Crippen molar-refractivity contribution in [1.29, 1.82) is 0 Å². The average molecular weight is 305 g/mol. The Bertz CT molecular complexity index is 127. The molecule has 0 fully saturated rings. The molecule has 4 heteroatoms. The molecule has 0 aromatic rings. The Hall–Kier alpha value is -0.0936. The standard InChI is InChI=1S/C5H9NO2.Os/c1-5(2,3)8-4(6)7;/h1-3H3;. The van der Waals surface area contributed by atoms with Crippen LogP contribution in [0.25, 0.3) is 0 Å². The third kappa shape index (κ3) is 5.78. The predicted octanol–water partition coefficient (Wildman–Crippen LogP) is 1.65. The molecule has 0 aliphatic heterocycles. The van der Waals surface area contributed by atoms with Gasteiger partial charge in [0.25, 0.3) is 0 Å². The van der Waals surface area contributed by atoms with E-state index in [1.165, 1.54) is 18.4 Å². The maximum absolute atomic E-state index is 10.4. The second-order valence-corrected chi connectivity index (χ2v) is 3.13. The van der Waals surface area contributed by atoms with Gasteiger partial charge in [-0.15, -0.1) is 0 Å². The number of amides is 1. The molecule has 0 N–H and O–H groups in total. The van der Waals surface area contributed by atoms with Crippen LogP contribution >= 0.6 is 0 Å². The molecular formula is C5H9NO2Os. The monoisotopic (exact) mass is 307 g/mol. The third-order valence-electron chi connectivity index (χ3n) is 0.458. The molecule has 0 spiro atoms. The topological polar surface area (TPSA) is 38.7 Å². The number of nitrogens with zero attached hydrogens (tertiary/aromatic N) is 1. The van der Waals surface area contributed by atoms with Crippen LogP contribution in [0.1, 0.15) is 20.8 Å². The van der Waals surface area contributed by atoms with Gasteiger partial charge in [-0.1, -0.05) is 0 Å². The van der Waals surface area contributed by atoms with Crippen molar-refractivity contribution < 1.29 is 27.9 Å². The van der Waals surface area contributed by atoms with Gasteiger partial charge in [-0.2, -0.15) is 0 Å². The fraction of sp³-hybridized carbons (Fsp3) is 0.800. The van der Waals surface area contributed by atoms with Crippen LogP contribution in [0.5, 0.6) is 0 Å². The normalized spacial score (nSPS) is 10.7. The van der Waals surface area contributed by atoms with E-state index >= 15 is 0 Å². The summed E-state index contributed by atoms with van der Waals surface area (Å²) in [6.07, 6.45) is -0.499. The summed E-state index contributed by atoms with van der Waals surface area (Å²) in [5.74, 6) is 0. The Morgan fingerprint density at radius 1 is 1.56 bits per heavy atom. The summed E-state index contributed by atoms with van der Waals surface area (Å²) in [7, 11) is 0. The summed E-state index contributed by atoms with van der Waals surface area (Å²) in [5, 5.41) is 0. The van der Waals surface area contributed by atoms with Gasteiger partial charge < -0.3 is 0 Å². The number of hydrogen-bond acceptors (Lipinski definition) is 2. The van der Waals surface area contributed by atoms with Crippen molar-refractivity contribution in [3.63, 3.8) is 0 Å². The van der Waals surface area contributed by atoms with Crippen LogP contribution in [0, 0.1) is 0 Å². The van der Waals surface area contributed by atoms with Gasteiger partial charge in [0.2, 0.25) is 0 Å². The van der Waals surface area contributed by atoms with Gasteiger partial charge in [-0.3, -0.25) is 0 Å². The molecule has 0 atom stereocenters. The Morgan fingerprint density at radius 2 is 2.00 bits per heavy atom. The molecule has 0 unspecified atom stereocenters. The molecule has 54 valence electrons. The number of carbonyl (C=O) groups is 1. The van der Waals surface area contributed by atoms with Gasteiger partial charge in [-0.05, 0) is 0 Å². The molecule has 0 aromatic carbocycles. The summed E-state index contributed by atoms with van der Waals surface area (Å²) in [5.41, 5.74) is -0.416. The SMILES string of the molecule is CC(C)(C)OC(=O)[N]=[Os]. The third-order valence-corrected chi connectivity index (χ3v) is 0.922. The Morgan fingerprint density at radius 3 is 2.11 bits per heavy atom. The fourth-order valence-corrected chi connectivity index (χ4v) is 0.394. The van der Waals surface area contributed by atoms with Gasteiger partial charge in [0.1, 0.15) is 0 Å². The van der Waals surface area contributed by atoms with E-state index in [0.717, 1.165) is 0 Å². The van der Waals surface area contributed by atoms with E-state index < -0.39 is 11.7 Å². The quantitative estimate of drug-likeness (QED) is 0.682. The van der Waals surface area contributed by atoms with E-state index in [1.807, 2.05) is 0 Å². The molecule has 0 heterocycles. The molecule has 0 saturated heterocycles. The average Bonchev–Trinajstić information content (AvgIpc) is 1.62. The molecule has 0 rings (SSSR count). The van der Waals surface area contributed by atoms with E-state index in [1.54, 1.807) is 20.8 Å². The molecule has 0 radical (unpaired) electrons. The van der Waals surface area contributed by atoms with Crippen LogP contribution in [0.4, 0.5) is 4.79 Å². The van der Waals surface area contributed by atoms with Crippen molar-refractivity contribution in [2.24, 2.45) is 3.65 Å². The molecule has 0 aliphatic rings. The Labute approximate surface area is 64.5 Å². The first-order valence-electron chi connectivity index (χ1n) is 2.49. The zero-order chi connectivity index (χ0) is 7.49. The van der Waals surface area contributed by atoms with Crippen molar-refractivity contribution in [1.82, 2.24) is 0 Å². The minimum atomic E-state index is -0.499. The first-order chi connectivity index (χ1) is 3.95. The summed E-state index contributed by atoms with van der Waals surface area (Å²) in [6, 6.07) is 0. The molecule has 0 saturated carbocycles. The van der Waals surface area contributed by atoms with Gasteiger partial charge in [0, 0.05) is 0 Å². The van der Waals surface area contributed by atoms with E-state index in [9.17, 15) is 4.79 Å². The number of carbonyl (C=O) groups excluding carboxylic acids is 1. The molecule has 1 amide bonds. The van der Waals surface area contributed by atoms with Gasteiger partial charge in [-0.25, -0.2) is 0 Å². The molecule has 3 nitrogen and oxygen atoms in total. The number of rotatable bonds is 0. The Balaban J connectivity index is 3.74. The molecule has 0 aliphatic carbocycles. The summed E-state index contributed by atoms with van der Waals surface area (Å²) < 4.78 is 8.13. The van der Waals surface area contributed by atoms with Crippen molar-refractivity contribution in [2.75, 3.05) is 0 Å². The number of ether oxygens (including phenoxy) is 1. The maximum atomic E-state index is 10.4. The molecule has 0 bridgehead atoms. The van der Waals surface area contributed by atoms with Gasteiger partial charge >= 0.3 is 64.1 Å². The van der Waals surface area contributed by atoms with E-state index in [2.05, 4.69) is 3.65 Å². The van der Waals surface area contributed by atoms with Crippen LogP contribution in [-0.4, -0.2) is 11.7 Å². The zero-order valence-electron chi connectivity index (χ0n) is 5.62. The van der Waals surface area contributed by atoms with Crippen molar-refractivity contribution in [2.45, 2.75) is 26.4 Å². The minimum absolute atomic E-state index is 0.416. The second kappa shape index (κ2) is 3.17. The number of hydrogen-bond donors (Lipinski definition) is 0. The van der Waals surface area contributed by atoms with Crippen LogP contribution in [0.3, 0.4) is 0 Å². The van der Waals surface area contributed by atoms with Gasteiger partial charge in [0.15, 0.2) is 0 Å².